The Morgan fingerprint density at radius 2 is 1.79 bits per heavy atom. The lowest BCUT2D eigenvalue weighted by Gasteiger charge is -2.07. The third-order valence-electron chi connectivity index (χ3n) is 2.52. The van der Waals surface area contributed by atoms with Gasteiger partial charge in [0.1, 0.15) is 0 Å². The van der Waals surface area contributed by atoms with E-state index in [0.29, 0.717) is 18.5 Å². The summed E-state index contributed by atoms with van der Waals surface area (Å²) in [6.45, 7) is 4.50. The van der Waals surface area contributed by atoms with E-state index in [9.17, 15) is 13.2 Å². The van der Waals surface area contributed by atoms with Crippen LogP contribution in [0.5, 0.6) is 0 Å². The highest BCUT2D eigenvalue weighted by molar-refractivity contribution is 7.89. The summed E-state index contributed by atoms with van der Waals surface area (Å²) in [4.78, 5) is 11.5. The molecule has 0 spiro atoms. The van der Waals surface area contributed by atoms with Crippen LogP contribution in [0.15, 0.2) is 24.3 Å². The summed E-state index contributed by atoms with van der Waals surface area (Å²) in [5.41, 5.74) is 1.40. The number of carbonyl (C=O) groups is 1. The van der Waals surface area contributed by atoms with E-state index in [4.69, 9.17) is 0 Å². The number of amides is 1. The zero-order valence-electron chi connectivity index (χ0n) is 11.3. The van der Waals surface area contributed by atoms with Crippen molar-refractivity contribution in [3.05, 3.63) is 35.4 Å². The van der Waals surface area contributed by atoms with Crippen molar-refractivity contribution in [3.8, 4) is 0 Å². The zero-order valence-corrected chi connectivity index (χ0v) is 12.1. The minimum absolute atomic E-state index is 0.124. The highest BCUT2D eigenvalue weighted by Gasteiger charge is 2.08. The van der Waals surface area contributed by atoms with E-state index in [0.717, 1.165) is 5.56 Å². The Bertz CT molecular complexity index is 509. The number of carbonyl (C=O) groups excluding carboxylic acids is 1. The van der Waals surface area contributed by atoms with Gasteiger partial charge < -0.3 is 5.32 Å². The van der Waals surface area contributed by atoms with Gasteiger partial charge >= 0.3 is 0 Å². The highest BCUT2D eigenvalue weighted by atomic mass is 32.2. The zero-order chi connectivity index (χ0) is 14.3. The molecule has 1 amide bonds. The van der Waals surface area contributed by atoms with Crippen molar-refractivity contribution < 1.29 is 13.2 Å². The first-order chi connectivity index (χ1) is 8.98. The molecule has 6 heteroatoms. The van der Waals surface area contributed by atoms with Gasteiger partial charge in [-0.2, -0.15) is 0 Å². The summed E-state index contributed by atoms with van der Waals surface area (Å²) in [6, 6.07) is 6.88. The van der Waals surface area contributed by atoms with Gasteiger partial charge in [0, 0.05) is 18.7 Å². The topological polar surface area (TPSA) is 75.3 Å². The van der Waals surface area contributed by atoms with Gasteiger partial charge in [0.2, 0.25) is 10.0 Å². The van der Waals surface area contributed by atoms with Crippen molar-refractivity contribution >= 4 is 15.9 Å². The monoisotopic (exact) mass is 284 g/mol. The first-order valence-corrected chi connectivity index (χ1v) is 7.98. The molecule has 0 heterocycles. The van der Waals surface area contributed by atoms with Crippen molar-refractivity contribution in [1.29, 1.82) is 0 Å². The summed E-state index contributed by atoms with van der Waals surface area (Å²) in [5, 5.41) is 2.70. The van der Waals surface area contributed by atoms with Crippen LogP contribution < -0.4 is 10.0 Å². The summed E-state index contributed by atoms with van der Waals surface area (Å²) in [7, 11) is -3.19. The maximum atomic E-state index is 11.5. The molecule has 2 N–H and O–H groups in total. The number of rotatable bonds is 7. The van der Waals surface area contributed by atoms with E-state index in [2.05, 4.69) is 10.0 Å². The van der Waals surface area contributed by atoms with Crippen LogP contribution in [0.3, 0.4) is 0 Å². The second-order valence-electron chi connectivity index (χ2n) is 4.20. The van der Waals surface area contributed by atoms with Crippen LogP contribution in [0.2, 0.25) is 0 Å². The molecule has 0 atom stereocenters. The van der Waals surface area contributed by atoms with Gasteiger partial charge in [0.25, 0.3) is 5.91 Å². The van der Waals surface area contributed by atoms with Crippen LogP contribution >= 0.6 is 0 Å². The molecule has 1 aromatic rings. The standard InChI is InChI=1S/C13H20N2O3S/c1-3-9-19(17,18)15-10-11-5-7-12(8-6-11)13(16)14-4-2/h5-8,15H,3-4,9-10H2,1-2H3,(H,14,16). The molecule has 0 saturated carbocycles. The van der Waals surface area contributed by atoms with E-state index >= 15 is 0 Å². The molecule has 0 saturated heterocycles. The lowest BCUT2D eigenvalue weighted by atomic mass is 10.1. The molecule has 0 aliphatic heterocycles. The average Bonchev–Trinajstić information content (AvgIpc) is 2.37. The van der Waals surface area contributed by atoms with E-state index < -0.39 is 10.0 Å². The summed E-state index contributed by atoms with van der Waals surface area (Å²) in [6.07, 6.45) is 0.589. The predicted molar refractivity (Wildman–Crippen MR) is 75.4 cm³/mol. The molecular weight excluding hydrogens is 264 g/mol. The Balaban J connectivity index is 2.60. The normalized spacial score (nSPS) is 11.3. The van der Waals surface area contributed by atoms with Crippen LogP contribution in [0.4, 0.5) is 0 Å². The Morgan fingerprint density at radius 1 is 1.16 bits per heavy atom. The molecule has 0 unspecified atom stereocenters. The first-order valence-electron chi connectivity index (χ1n) is 6.33. The van der Waals surface area contributed by atoms with E-state index in [1.807, 2.05) is 13.8 Å². The molecule has 0 radical (unpaired) electrons. The first kappa shape index (κ1) is 15.7. The molecular formula is C13H20N2O3S. The summed E-state index contributed by atoms with van der Waals surface area (Å²) < 4.78 is 25.5. The maximum absolute atomic E-state index is 11.5. The fourth-order valence-corrected chi connectivity index (χ4v) is 2.64. The summed E-state index contributed by atoms with van der Waals surface area (Å²) in [5.74, 6) is 0.00453. The quantitative estimate of drug-likeness (QED) is 0.791. The predicted octanol–water partition coefficient (Wildman–Crippen LogP) is 1.27. The van der Waals surface area contributed by atoms with Crippen molar-refractivity contribution in [2.24, 2.45) is 0 Å². The van der Waals surface area contributed by atoms with Gasteiger partial charge in [0.15, 0.2) is 0 Å². The number of hydrogen-bond donors (Lipinski definition) is 2. The molecule has 5 nitrogen and oxygen atoms in total. The van der Waals surface area contributed by atoms with Crippen molar-refractivity contribution in [2.45, 2.75) is 26.8 Å². The largest absolute Gasteiger partial charge is 0.352 e. The molecule has 0 bridgehead atoms. The molecule has 0 aliphatic carbocycles. The van der Waals surface area contributed by atoms with Crippen LogP contribution in [0.1, 0.15) is 36.2 Å². The molecule has 1 rings (SSSR count). The van der Waals surface area contributed by atoms with Gasteiger partial charge in [-0.3, -0.25) is 4.79 Å². The maximum Gasteiger partial charge on any atom is 0.251 e. The second kappa shape index (κ2) is 7.25. The lowest BCUT2D eigenvalue weighted by Crippen LogP contribution is -2.26. The SMILES string of the molecule is CCCS(=O)(=O)NCc1ccc(C(=O)NCC)cc1. The van der Waals surface area contributed by atoms with Crippen LogP contribution in [0, 0.1) is 0 Å². The van der Waals surface area contributed by atoms with Crippen LogP contribution in [-0.2, 0) is 16.6 Å². The minimum atomic E-state index is -3.19. The van der Waals surface area contributed by atoms with Crippen LogP contribution in [-0.4, -0.2) is 26.6 Å². The van der Waals surface area contributed by atoms with Gasteiger partial charge in [-0.15, -0.1) is 0 Å². The second-order valence-corrected chi connectivity index (χ2v) is 6.12. The lowest BCUT2D eigenvalue weighted by molar-refractivity contribution is 0.0956. The fraction of sp³-hybridized carbons (Fsp3) is 0.462. The summed E-state index contributed by atoms with van der Waals surface area (Å²) >= 11 is 0. The van der Waals surface area contributed by atoms with Crippen molar-refractivity contribution in [2.75, 3.05) is 12.3 Å². The van der Waals surface area contributed by atoms with E-state index in [1.54, 1.807) is 24.3 Å². The molecule has 19 heavy (non-hydrogen) atoms. The molecule has 0 aromatic heterocycles. The van der Waals surface area contributed by atoms with Gasteiger partial charge in [-0.25, -0.2) is 13.1 Å². The third kappa shape index (κ3) is 5.40. The van der Waals surface area contributed by atoms with Crippen molar-refractivity contribution in [1.82, 2.24) is 10.0 Å². The third-order valence-corrected chi connectivity index (χ3v) is 4.05. The number of hydrogen-bond acceptors (Lipinski definition) is 3. The Labute approximate surface area is 114 Å². The highest BCUT2D eigenvalue weighted by Crippen LogP contribution is 2.05. The molecule has 106 valence electrons. The van der Waals surface area contributed by atoms with Gasteiger partial charge in [-0.1, -0.05) is 19.1 Å². The molecule has 1 aromatic carbocycles. The van der Waals surface area contributed by atoms with Gasteiger partial charge in [0.05, 0.1) is 5.75 Å². The molecule has 0 aliphatic rings. The Hall–Kier alpha value is -1.40. The van der Waals surface area contributed by atoms with Crippen LogP contribution in [0.25, 0.3) is 0 Å². The smallest absolute Gasteiger partial charge is 0.251 e. The van der Waals surface area contributed by atoms with E-state index in [-0.39, 0.29) is 18.2 Å². The number of nitrogens with one attached hydrogen (secondary N) is 2. The van der Waals surface area contributed by atoms with Crippen molar-refractivity contribution in [3.63, 3.8) is 0 Å². The number of sulfonamides is 1. The van der Waals surface area contributed by atoms with Gasteiger partial charge in [-0.05, 0) is 31.0 Å². The fourth-order valence-electron chi connectivity index (χ4n) is 1.57. The van der Waals surface area contributed by atoms with E-state index in [1.165, 1.54) is 0 Å². The Morgan fingerprint density at radius 3 is 2.32 bits per heavy atom. The number of benzene rings is 1. The molecule has 0 fully saturated rings. The Kier molecular flexibility index (Phi) is 5.98. The average molecular weight is 284 g/mol. The minimum Gasteiger partial charge on any atom is -0.352 e.